The summed E-state index contributed by atoms with van der Waals surface area (Å²) in [4.78, 5) is 13.3. The summed E-state index contributed by atoms with van der Waals surface area (Å²) in [7, 11) is 0. The molecule has 0 aliphatic heterocycles. The Bertz CT molecular complexity index is 947. The van der Waals surface area contributed by atoms with Gasteiger partial charge in [-0.15, -0.1) is 0 Å². The van der Waals surface area contributed by atoms with Crippen LogP contribution in [0.1, 0.15) is 27.0 Å². The molecule has 0 N–H and O–H groups in total. The first kappa shape index (κ1) is 16.6. The van der Waals surface area contributed by atoms with Crippen LogP contribution < -0.4 is 0 Å². The molecular formula is C21H18N2O2. The van der Waals surface area contributed by atoms with Crippen molar-refractivity contribution in [3.05, 3.63) is 100 Å². The average Bonchev–Trinajstić information content (AvgIpc) is 2.62. The minimum absolute atomic E-state index is 0.198. The minimum atomic E-state index is -0.198. The zero-order chi connectivity index (χ0) is 17.8. The summed E-state index contributed by atoms with van der Waals surface area (Å²) in [5, 5.41) is 16.7. The maximum atomic E-state index is 12.8. The number of aryl methyl sites for hydroxylation is 2. The van der Waals surface area contributed by atoms with Crippen LogP contribution in [0.15, 0.2) is 77.9 Å². The van der Waals surface area contributed by atoms with Gasteiger partial charge in [0.1, 0.15) is 5.69 Å². The molecule has 0 amide bonds. The van der Waals surface area contributed by atoms with E-state index in [0.717, 1.165) is 11.1 Å². The van der Waals surface area contributed by atoms with E-state index in [9.17, 15) is 10.0 Å². The van der Waals surface area contributed by atoms with Crippen molar-refractivity contribution in [2.24, 2.45) is 5.11 Å². The summed E-state index contributed by atoms with van der Waals surface area (Å²) >= 11 is 0. The predicted molar refractivity (Wildman–Crippen MR) is 97.6 cm³/mol. The lowest BCUT2D eigenvalue weighted by atomic mass is 10.0. The molecule has 0 atom stereocenters. The second-order valence-corrected chi connectivity index (χ2v) is 5.93. The molecule has 0 fully saturated rings. The lowest BCUT2D eigenvalue weighted by Gasteiger charge is -2.07. The molecule has 4 heteroatoms. The summed E-state index contributed by atoms with van der Waals surface area (Å²) < 4.78 is 0. The van der Waals surface area contributed by atoms with Gasteiger partial charge in [-0.1, -0.05) is 48.5 Å². The molecule has 3 aromatic carbocycles. The van der Waals surface area contributed by atoms with Gasteiger partial charge in [-0.3, -0.25) is 4.79 Å². The summed E-state index contributed by atoms with van der Waals surface area (Å²) in [5.74, 6) is -0.198. The Kier molecular flexibility index (Phi) is 4.70. The van der Waals surface area contributed by atoms with Crippen molar-refractivity contribution < 1.29 is 9.66 Å². The lowest BCUT2D eigenvalue weighted by Crippen LogP contribution is -2.06. The molecule has 0 aliphatic rings. The number of azo groups is 1. The van der Waals surface area contributed by atoms with Crippen molar-refractivity contribution in [2.45, 2.75) is 13.8 Å². The van der Waals surface area contributed by atoms with Crippen LogP contribution in [-0.2, 0) is 0 Å². The van der Waals surface area contributed by atoms with Gasteiger partial charge < -0.3 is 5.21 Å². The van der Waals surface area contributed by atoms with Gasteiger partial charge in [0.25, 0.3) is 5.69 Å². The highest BCUT2D eigenvalue weighted by molar-refractivity contribution is 6.11. The van der Waals surface area contributed by atoms with E-state index in [4.69, 9.17) is 0 Å². The molecule has 124 valence electrons. The second kappa shape index (κ2) is 7.09. The maximum Gasteiger partial charge on any atom is 0.256 e. The van der Waals surface area contributed by atoms with Crippen molar-refractivity contribution in [2.75, 3.05) is 0 Å². The molecule has 0 heterocycles. The molecular weight excluding hydrogens is 312 g/mol. The number of rotatable bonds is 4. The van der Waals surface area contributed by atoms with E-state index in [1.807, 2.05) is 44.2 Å². The molecule has 0 saturated heterocycles. The lowest BCUT2D eigenvalue weighted by molar-refractivity contribution is -0.435. The van der Waals surface area contributed by atoms with Gasteiger partial charge in [0, 0.05) is 16.7 Å². The molecule has 0 bridgehead atoms. The Balaban J connectivity index is 2.06. The molecule has 3 rings (SSSR count). The number of carbonyl (C=O) groups is 1. The number of hydrogen-bond donors (Lipinski definition) is 0. The van der Waals surface area contributed by atoms with Crippen LogP contribution >= 0.6 is 0 Å². The number of hydrogen-bond acceptors (Lipinski definition) is 3. The third-order valence-electron chi connectivity index (χ3n) is 3.85. The third kappa shape index (κ3) is 3.80. The van der Waals surface area contributed by atoms with Crippen LogP contribution in [0.3, 0.4) is 0 Å². The minimum Gasteiger partial charge on any atom is -0.594 e. The van der Waals surface area contributed by atoms with Crippen LogP contribution in [0.4, 0.5) is 11.4 Å². The molecule has 0 saturated carbocycles. The Morgan fingerprint density at radius 3 is 2.32 bits per heavy atom. The molecule has 4 nitrogen and oxygen atoms in total. The Morgan fingerprint density at radius 1 is 0.880 bits per heavy atom. The molecule has 0 aliphatic carbocycles. The second-order valence-electron chi connectivity index (χ2n) is 5.93. The van der Waals surface area contributed by atoms with E-state index in [-0.39, 0.29) is 11.5 Å². The normalized spacial score (nSPS) is 11.4. The Hall–Kier alpha value is -3.27. The quantitative estimate of drug-likeness (QED) is 0.276. The fraction of sp³-hybridized carbons (Fsp3) is 0.0952. The highest BCUT2D eigenvalue weighted by atomic mass is 16.5. The summed E-state index contributed by atoms with van der Waals surface area (Å²) in [6.07, 6.45) is 0. The van der Waals surface area contributed by atoms with Crippen molar-refractivity contribution in [1.29, 1.82) is 0 Å². The number of nitrogens with zero attached hydrogens (tertiary/aromatic N) is 2. The van der Waals surface area contributed by atoms with Crippen LogP contribution in [0.2, 0.25) is 0 Å². The van der Waals surface area contributed by atoms with E-state index in [1.165, 1.54) is 0 Å². The molecule has 25 heavy (non-hydrogen) atoms. The SMILES string of the molecule is Cc1cccc(N=[N+]([O-])c2cc(C)ccc2C(=O)c2ccccc2)c1. The van der Waals surface area contributed by atoms with Gasteiger partial charge in [-0.25, -0.2) is 0 Å². The fourth-order valence-electron chi connectivity index (χ4n) is 2.59. The first-order valence-corrected chi connectivity index (χ1v) is 8.00. The fourth-order valence-corrected chi connectivity index (χ4v) is 2.59. The molecule has 0 radical (unpaired) electrons. The Labute approximate surface area is 146 Å². The van der Waals surface area contributed by atoms with E-state index in [0.29, 0.717) is 21.7 Å². The zero-order valence-corrected chi connectivity index (χ0v) is 14.1. The van der Waals surface area contributed by atoms with Crippen LogP contribution in [0.5, 0.6) is 0 Å². The van der Waals surface area contributed by atoms with Crippen molar-refractivity contribution in [3.8, 4) is 0 Å². The summed E-state index contributed by atoms with van der Waals surface area (Å²) in [6, 6.07) is 21.4. The maximum absolute atomic E-state index is 12.8. The van der Waals surface area contributed by atoms with E-state index in [1.54, 1.807) is 42.5 Å². The smallest absolute Gasteiger partial charge is 0.256 e. The summed E-state index contributed by atoms with van der Waals surface area (Å²) in [5.41, 5.74) is 3.57. The van der Waals surface area contributed by atoms with Gasteiger partial charge >= 0.3 is 0 Å². The predicted octanol–water partition coefficient (Wildman–Crippen LogP) is 5.46. The molecule has 3 aromatic rings. The van der Waals surface area contributed by atoms with Gasteiger partial charge in [-0.2, -0.15) is 0 Å². The molecule has 0 spiro atoms. The van der Waals surface area contributed by atoms with Gasteiger partial charge in [0.15, 0.2) is 5.78 Å². The highest BCUT2D eigenvalue weighted by Crippen LogP contribution is 2.26. The van der Waals surface area contributed by atoms with E-state index < -0.39 is 0 Å². The summed E-state index contributed by atoms with van der Waals surface area (Å²) in [6.45, 7) is 3.81. The van der Waals surface area contributed by atoms with E-state index in [2.05, 4.69) is 5.11 Å². The number of benzene rings is 3. The van der Waals surface area contributed by atoms with Crippen LogP contribution in [0, 0.1) is 19.1 Å². The average molecular weight is 330 g/mol. The zero-order valence-electron chi connectivity index (χ0n) is 14.1. The largest absolute Gasteiger partial charge is 0.594 e. The van der Waals surface area contributed by atoms with Gasteiger partial charge in [-0.05, 0) is 48.0 Å². The molecule has 0 unspecified atom stereocenters. The number of carbonyl (C=O) groups excluding carboxylic acids is 1. The van der Waals surface area contributed by atoms with Crippen LogP contribution in [-0.4, -0.2) is 10.6 Å². The van der Waals surface area contributed by atoms with Gasteiger partial charge in [0.05, 0.1) is 5.56 Å². The third-order valence-corrected chi connectivity index (χ3v) is 3.85. The van der Waals surface area contributed by atoms with Crippen molar-refractivity contribution in [3.63, 3.8) is 0 Å². The standard InChI is InChI=1S/C21H18N2O2/c1-15-7-6-10-18(13-15)22-23(25)20-14-16(2)11-12-19(20)21(24)17-8-4-3-5-9-17/h3-14H,1-2H3. The monoisotopic (exact) mass is 330 g/mol. The topological polar surface area (TPSA) is 55.5 Å². The van der Waals surface area contributed by atoms with Gasteiger partial charge in [0.2, 0.25) is 0 Å². The van der Waals surface area contributed by atoms with Crippen molar-refractivity contribution in [1.82, 2.24) is 0 Å². The first-order chi connectivity index (χ1) is 12.0. The first-order valence-electron chi connectivity index (χ1n) is 8.00. The van der Waals surface area contributed by atoms with E-state index >= 15 is 0 Å². The number of ketones is 1. The molecule has 0 aromatic heterocycles. The highest BCUT2D eigenvalue weighted by Gasteiger charge is 2.20. The Morgan fingerprint density at radius 2 is 1.60 bits per heavy atom. The van der Waals surface area contributed by atoms with Crippen LogP contribution in [0.25, 0.3) is 0 Å². The van der Waals surface area contributed by atoms with Crippen molar-refractivity contribution >= 4 is 17.2 Å².